The van der Waals surface area contributed by atoms with Crippen molar-refractivity contribution in [3.8, 4) is 0 Å². The van der Waals surface area contributed by atoms with Gasteiger partial charge in [-0.05, 0) is 33.6 Å². The van der Waals surface area contributed by atoms with Crippen LogP contribution in [-0.2, 0) is 14.3 Å². The molecular formula is C14H25NO5. The molecule has 0 aliphatic heterocycles. The molecule has 20 heavy (non-hydrogen) atoms. The number of aliphatic carboxylic acids is 1. The van der Waals surface area contributed by atoms with Gasteiger partial charge in [0.15, 0.2) is 5.54 Å². The second-order valence-corrected chi connectivity index (χ2v) is 6.24. The van der Waals surface area contributed by atoms with E-state index in [2.05, 4.69) is 0 Å². The predicted molar refractivity (Wildman–Crippen MR) is 73.6 cm³/mol. The predicted octanol–water partition coefficient (Wildman–Crippen LogP) is 2.27. The van der Waals surface area contributed by atoms with Crippen LogP contribution in [0.2, 0.25) is 0 Å². The fourth-order valence-corrected chi connectivity index (χ4v) is 2.70. The Morgan fingerprint density at radius 2 is 1.90 bits per heavy atom. The highest BCUT2D eigenvalue weighted by atomic mass is 16.6. The molecule has 0 aromatic heterocycles. The summed E-state index contributed by atoms with van der Waals surface area (Å²) >= 11 is 0. The van der Waals surface area contributed by atoms with Crippen molar-refractivity contribution >= 4 is 12.1 Å². The van der Waals surface area contributed by atoms with E-state index in [1.54, 1.807) is 20.8 Å². The van der Waals surface area contributed by atoms with E-state index in [-0.39, 0.29) is 0 Å². The van der Waals surface area contributed by atoms with Gasteiger partial charge in [0.2, 0.25) is 0 Å². The van der Waals surface area contributed by atoms with Gasteiger partial charge >= 0.3 is 12.1 Å². The van der Waals surface area contributed by atoms with Gasteiger partial charge in [0.25, 0.3) is 0 Å². The zero-order chi connectivity index (χ0) is 15.6. The lowest BCUT2D eigenvalue weighted by Crippen LogP contribution is -2.64. The standard InChI is InChI=1S/C14H25NO5/c1-13(2,3)20-12(18)15(4)14(11(16)17)9-7-6-8-10(14)19-5/h10H,6-9H2,1-5H3,(H,16,17). The first kappa shape index (κ1) is 16.8. The molecule has 6 heteroatoms. The quantitative estimate of drug-likeness (QED) is 0.861. The summed E-state index contributed by atoms with van der Waals surface area (Å²) < 4.78 is 10.6. The Morgan fingerprint density at radius 3 is 2.35 bits per heavy atom. The zero-order valence-corrected chi connectivity index (χ0v) is 12.9. The molecule has 0 aromatic rings. The van der Waals surface area contributed by atoms with Gasteiger partial charge in [-0.1, -0.05) is 12.8 Å². The lowest BCUT2D eigenvalue weighted by atomic mass is 9.78. The number of carbonyl (C=O) groups is 2. The summed E-state index contributed by atoms with van der Waals surface area (Å²) in [5, 5.41) is 9.68. The van der Waals surface area contributed by atoms with Gasteiger partial charge < -0.3 is 14.6 Å². The minimum absolute atomic E-state index is 0.372. The summed E-state index contributed by atoms with van der Waals surface area (Å²) in [7, 11) is 2.95. The smallest absolute Gasteiger partial charge is 0.411 e. The number of amides is 1. The van der Waals surface area contributed by atoms with Crippen molar-refractivity contribution in [2.75, 3.05) is 14.2 Å². The molecule has 1 aliphatic carbocycles. The number of ether oxygens (including phenoxy) is 2. The van der Waals surface area contributed by atoms with Crippen LogP contribution in [0.15, 0.2) is 0 Å². The van der Waals surface area contributed by atoms with Crippen LogP contribution in [0.3, 0.4) is 0 Å². The number of hydrogen-bond acceptors (Lipinski definition) is 4. The SMILES string of the molecule is COC1CCCCC1(C(=O)O)N(C)C(=O)OC(C)(C)C. The summed E-state index contributed by atoms with van der Waals surface area (Å²) in [6, 6.07) is 0. The summed E-state index contributed by atoms with van der Waals surface area (Å²) in [5.41, 5.74) is -2.02. The lowest BCUT2D eigenvalue weighted by Gasteiger charge is -2.45. The summed E-state index contributed by atoms with van der Waals surface area (Å²) in [6.07, 6.45) is 1.48. The summed E-state index contributed by atoms with van der Waals surface area (Å²) in [5.74, 6) is -1.04. The van der Waals surface area contributed by atoms with Gasteiger partial charge in [-0.25, -0.2) is 9.59 Å². The maximum absolute atomic E-state index is 12.2. The van der Waals surface area contributed by atoms with Crippen molar-refractivity contribution < 1.29 is 24.2 Å². The number of likely N-dealkylation sites (N-methyl/N-ethyl adjacent to an activating group) is 1. The molecule has 1 saturated carbocycles. The first-order valence-electron chi connectivity index (χ1n) is 6.88. The Bertz CT molecular complexity index is 376. The normalized spacial score (nSPS) is 26.9. The third kappa shape index (κ3) is 3.23. The summed E-state index contributed by atoms with van der Waals surface area (Å²) in [6.45, 7) is 5.25. The molecule has 0 saturated heterocycles. The molecule has 1 N–H and O–H groups in total. The summed E-state index contributed by atoms with van der Waals surface area (Å²) in [4.78, 5) is 25.2. The fourth-order valence-electron chi connectivity index (χ4n) is 2.70. The first-order valence-corrected chi connectivity index (χ1v) is 6.88. The maximum atomic E-state index is 12.2. The Labute approximate surface area is 120 Å². The van der Waals surface area contributed by atoms with Crippen LogP contribution in [0.4, 0.5) is 4.79 Å². The monoisotopic (exact) mass is 287 g/mol. The van der Waals surface area contributed by atoms with Gasteiger partial charge in [0, 0.05) is 14.2 Å². The Morgan fingerprint density at radius 1 is 1.30 bits per heavy atom. The third-order valence-electron chi connectivity index (χ3n) is 3.73. The van der Waals surface area contributed by atoms with Crippen molar-refractivity contribution in [3.63, 3.8) is 0 Å². The van der Waals surface area contributed by atoms with Gasteiger partial charge in [-0.15, -0.1) is 0 Å². The average Bonchev–Trinajstić information content (AvgIpc) is 2.35. The van der Waals surface area contributed by atoms with Gasteiger partial charge in [-0.2, -0.15) is 0 Å². The molecule has 116 valence electrons. The Kier molecular flexibility index (Phi) is 5.02. The molecule has 0 heterocycles. The van der Waals surface area contributed by atoms with Crippen molar-refractivity contribution in [2.45, 2.75) is 63.7 Å². The van der Waals surface area contributed by atoms with Crippen molar-refractivity contribution in [3.05, 3.63) is 0 Å². The van der Waals surface area contributed by atoms with Crippen LogP contribution in [-0.4, -0.2) is 53.5 Å². The molecule has 1 fully saturated rings. The zero-order valence-electron chi connectivity index (χ0n) is 12.9. The van der Waals surface area contributed by atoms with Gasteiger partial charge in [0.1, 0.15) is 5.60 Å². The van der Waals surface area contributed by atoms with E-state index in [4.69, 9.17) is 9.47 Å². The fraction of sp³-hybridized carbons (Fsp3) is 0.857. The molecule has 0 bridgehead atoms. The second-order valence-electron chi connectivity index (χ2n) is 6.24. The van der Waals surface area contributed by atoms with E-state index in [0.29, 0.717) is 12.8 Å². The molecule has 6 nitrogen and oxygen atoms in total. The average molecular weight is 287 g/mol. The molecule has 1 amide bonds. The van der Waals surface area contributed by atoms with Crippen LogP contribution in [0, 0.1) is 0 Å². The number of rotatable bonds is 3. The highest BCUT2D eigenvalue weighted by molar-refractivity contribution is 5.85. The van der Waals surface area contributed by atoms with E-state index < -0.39 is 29.3 Å². The third-order valence-corrected chi connectivity index (χ3v) is 3.73. The minimum Gasteiger partial charge on any atom is -0.479 e. The number of carbonyl (C=O) groups excluding carboxylic acids is 1. The van der Waals surface area contributed by atoms with Crippen molar-refractivity contribution in [1.29, 1.82) is 0 Å². The van der Waals surface area contributed by atoms with E-state index in [1.807, 2.05) is 0 Å². The molecule has 0 aromatic carbocycles. The van der Waals surface area contributed by atoms with Gasteiger partial charge in [0.05, 0.1) is 6.10 Å². The number of carboxylic acids is 1. The molecule has 1 aliphatic rings. The second kappa shape index (κ2) is 5.99. The topological polar surface area (TPSA) is 76.1 Å². The lowest BCUT2D eigenvalue weighted by molar-refractivity contribution is -0.164. The van der Waals surface area contributed by atoms with Gasteiger partial charge in [-0.3, -0.25) is 4.90 Å². The number of carboxylic acid groups (broad SMARTS) is 1. The van der Waals surface area contributed by atoms with E-state index in [1.165, 1.54) is 19.1 Å². The Hall–Kier alpha value is -1.30. The van der Waals surface area contributed by atoms with E-state index >= 15 is 0 Å². The van der Waals surface area contributed by atoms with Crippen LogP contribution >= 0.6 is 0 Å². The van der Waals surface area contributed by atoms with Crippen LogP contribution < -0.4 is 0 Å². The molecule has 2 atom stereocenters. The van der Waals surface area contributed by atoms with Crippen LogP contribution in [0.1, 0.15) is 46.5 Å². The highest BCUT2D eigenvalue weighted by Gasteiger charge is 2.53. The maximum Gasteiger partial charge on any atom is 0.411 e. The molecular weight excluding hydrogens is 262 g/mol. The number of methoxy groups -OCH3 is 1. The van der Waals surface area contributed by atoms with Crippen LogP contribution in [0.5, 0.6) is 0 Å². The first-order chi connectivity index (χ1) is 9.15. The highest BCUT2D eigenvalue weighted by Crippen LogP contribution is 2.36. The van der Waals surface area contributed by atoms with Crippen molar-refractivity contribution in [2.24, 2.45) is 0 Å². The number of hydrogen-bond donors (Lipinski definition) is 1. The molecule has 1 rings (SSSR count). The largest absolute Gasteiger partial charge is 0.479 e. The van der Waals surface area contributed by atoms with E-state index in [0.717, 1.165) is 12.8 Å². The number of nitrogens with zero attached hydrogens (tertiary/aromatic N) is 1. The van der Waals surface area contributed by atoms with E-state index in [9.17, 15) is 14.7 Å². The minimum atomic E-state index is -1.35. The Balaban J connectivity index is 3.05. The molecule has 0 spiro atoms. The van der Waals surface area contributed by atoms with Crippen molar-refractivity contribution in [1.82, 2.24) is 4.90 Å². The van der Waals surface area contributed by atoms with Crippen LogP contribution in [0.25, 0.3) is 0 Å². The molecule has 2 unspecified atom stereocenters. The molecule has 0 radical (unpaired) electrons.